The standard InChI is InChI=1S/C16H12BrN3S/c1-9-5-10(2)15(12(17)6-9)20-14-7-11(8-18)3-4-13(14)19-16(20)21/h3-7H,1-2H3,(H,19,21). The summed E-state index contributed by atoms with van der Waals surface area (Å²) in [5.74, 6) is 0. The van der Waals surface area contributed by atoms with Gasteiger partial charge >= 0.3 is 0 Å². The van der Waals surface area contributed by atoms with Gasteiger partial charge in [0.15, 0.2) is 4.77 Å². The summed E-state index contributed by atoms with van der Waals surface area (Å²) >= 11 is 9.10. The molecule has 5 heteroatoms. The highest BCUT2D eigenvalue weighted by atomic mass is 79.9. The highest BCUT2D eigenvalue weighted by Crippen LogP contribution is 2.30. The van der Waals surface area contributed by atoms with Gasteiger partial charge in [0.2, 0.25) is 0 Å². The molecule has 0 bridgehead atoms. The molecule has 0 saturated heterocycles. The molecule has 0 unspecified atom stereocenters. The van der Waals surface area contributed by atoms with Crippen LogP contribution in [0.1, 0.15) is 16.7 Å². The monoisotopic (exact) mass is 357 g/mol. The number of benzene rings is 2. The molecule has 1 heterocycles. The summed E-state index contributed by atoms with van der Waals surface area (Å²) in [4.78, 5) is 3.19. The molecule has 3 rings (SSSR count). The lowest BCUT2D eigenvalue weighted by Gasteiger charge is -2.12. The lowest BCUT2D eigenvalue weighted by atomic mass is 10.1. The molecule has 3 nitrogen and oxygen atoms in total. The molecule has 104 valence electrons. The molecule has 0 radical (unpaired) electrons. The number of hydrogen-bond donors (Lipinski definition) is 1. The molecule has 0 fully saturated rings. The molecule has 0 aliphatic carbocycles. The van der Waals surface area contributed by atoms with Crippen LogP contribution < -0.4 is 0 Å². The number of nitriles is 1. The van der Waals surface area contributed by atoms with E-state index >= 15 is 0 Å². The average Bonchev–Trinajstić information content (AvgIpc) is 2.73. The number of aryl methyl sites for hydroxylation is 2. The Kier molecular flexibility index (Phi) is 3.44. The summed E-state index contributed by atoms with van der Waals surface area (Å²) in [5.41, 5.74) is 5.77. The second-order valence-corrected chi connectivity index (χ2v) is 6.26. The first-order chi connectivity index (χ1) is 10.0. The zero-order valence-electron chi connectivity index (χ0n) is 11.6. The molecule has 0 atom stereocenters. The van der Waals surface area contributed by atoms with Crippen molar-refractivity contribution in [2.75, 3.05) is 0 Å². The van der Waals surface area contributed by atoms with E-state index in [-0.39, 0.29) is 0 Å². The SMILES string of the molecule is Cc1cc(C)c(-n2c(=S)[nH]c3ccc(C#N)cc32)c(Br)c1. The second-order valence-electron chi connectivity index (χ2n) is 5.02. The van der Waals surface area contributed by atoms with Crippen molar-refractivity contribution in [2.45, 2.75) is 13.8 Å². The van der Waals surface area contributed by atoms with Crippen molar-refractivity contribution < 1.29 is 0 Å². The number of rotatable bonds is 1. The largest absolute Gasteiger partial charge is 0.330 e. The van der Waals surface area contributed by atoms with Crippen LogP contribution in [0.5, 0.6) is 0 Å². The van der Waals surface area contributed by atoms with E-state index in [2.05, 4.69) is 53.0 Å². The molecule has 21 heavy (non-hydrogen) atoms. The van der Waals surface area contributed by atoms with Gasteiger partial charge in [0.05, 0.1) is 28.4 Å². The first kappa shape index (κ1) is 14.1. The van der Waals surface area contributed by atoms with Gasteiger partial charge in [-0.05, 0) is 77.4 Å². The van der Waals surface area contributed by atoms with Gasteiger partial charge in [-0.3, -0.25) is 4.57 Å². The minimum atomic E-state index is 0.617. The van der Waals surface area contributed by atoms with Crippen LogP contribution in [0.15, 0.2) is 34.8 Å². The van der Waals surface area contributed by atoms with Crippen molar-refractivity contribution in [3.05, 3.63) is 56.3 Å². The van der Waals surface area contributed by atoms with Gasteiger partial charge < -0.3 is 4.98 Å². The number of nitrogens with one attached hydrogen (secondary N) is 1. The fraction of sp³-hybridized carbons (Fsp3) is 0.125. The smallest absolute Gasteiger partial charge is 0.182 e. The molecule has 0 saturated carbocycles. The molecule has 3 aromatic rings. The third-order valence-corrected chi connectivity index (χ3v) is 4.32. The Balaban J connectivity index is 2.43. The lowest BCUT2D eigenvalue weighted by molar-refractivity contribution is 1.04. The Morgan fingerprint density at radius 3 is 2.67 bits per heavy atom. The summed E-state index contributed by atoms with van der Waals surface area (Å²) in [5, 5.41) is 9.11. The minimum Gasteiger partial charge on any atom is -0.330 e. The molecule has 2 aromatic carbocycles. The van der Waals surface area contributed by atoms with E-state index in [4.69, 9.17) is 17.5 Å². The fourth-order valence-corrected chi connectivity index (χ4v) is 3.74. The number of H-pyrrole nitrogens is 1. The number of fused-ring (bicyclic) bond motifs is 1. The van der Waals surface area contributed by atoms with Crippen LogP contribution in [0.3, 0.4) is 0 Å². The molecular formula is C16H12BrN3S. The maximum absolute atomic E-state index is 9.11. The van der Waals surface area contributed by atoms with Crippen molar-refractivity contribution in [1.82, 2.24) is 9.55 Å². The van der Waals surface area contributed by atoms with Crippen molar-refractivity contribution in [3.63, 3.8) is 0 Å². The number of aromatic amines is 1. The lowest BCUT2D eigenvalue weighted by Crippen LogP contribution is -1.99. The first-order valence-electron chi connectivity index (χ1n) is 6.43. The molecule has 1 aromatic heterocycles. The predicted molar refractivity (Wildman–Crippen MR) is 90.3 cm³/mol. The maximum Gasteiger partial charge on any atom is 0.182 e. The second kappa shape index (κ2) is 5.14. The van der Waals surface area contributed by atoms with Crippen LogP contribution in [0, 0.1) is 29.9 Å². The number of hydrogen-bond acceptors (Lipinski definition) is 2. The van der Waals surface area contributed by atoms with Gasteiger partial charge in [0.25, 0.3) is 0 Å². The highest BCUT2D eigenvalue weighted by molar-refractivity contribution is 9.10. The molecule has 1 N–H and O–H groups in total. The molecule has 0 spiro atoms. The van der Waals surface area contributed by atoms with Crippen molar-refractivity contribution in [2.24, 2.45) is 0 Å². The van der Waals surface area contributed by atoms with Crippen LogP contribution in [0.4, 0.5) is 0 Å². The van der Waals surface area contributed by atoms with Crippen LogP contribution in [0.2, 0.25) is 0 Å². The van der Waals surface area contributed by atoms with E-state index in [1.807, 2.05) is 16.7 Å². The highest BCUT2D eigenvalue weighted by Gasteiger charge is 2.13. The van der Waals surface area contributed by atoms with Crippen LogP contribution >= 0.6 is 28.1 Å². The van der Waals surface area contributed by atoms with E-state index < -0.39 is 0 Å². The Hall–Kier alpha value is -1.90. The number of imidazole rings is 1. The van der Waals surface area contributed by atoms with Gasteiger partial charge in [-0.2, -0.15) is 5.26 Å². The van der Waals surface area contributed by atoms with E-state index in [0.717, 1.165) is 26.8 Å². The summed E-state index contributed by atoms with van der Waals surface area (Å²) in [6.45, 7) is 4.12. The number of halogens is 1. The van der Waals surface area contributed by atoms with E-state index in [9.17, 15) is 0 Å². The first-order valence-corrected chi connectivity index (χ1v) is 7.63. The van der Waals surface area contributed by atoms with Gasteiger partial charge in [-0.1, -0.05) is 6.07 Å². The summed E-state index contributed by atoms with van der Waals surface area (Å²) in [6.07, 6.45) is 0. The quantitative estimate of drug-likeness (QED) is 0.627. The topological polar surface area (TPSA) is 44.5 Å². The van der Waals surface area contributed by atoms with Crippen molar-refractivity contribution >= 4 is 39.2 Å². The van der Waals surface area contributed by atoms with E-state index in [1.165, 1.54) is 5.56 Å². The zero-order valence-corrected chi connectivity index (χ0v) is 14.0. The van der Waals surface area contributed by atoms with Crippen molar-refractivity contribution in [1.29, 1.82) is 5.26 Å². The third-order valence-electron chi connectivity index (χ3n) is 3.43. The average molecular weight is 358 g/mol. The Bertz CT molecular complexity index is 937. The fourth-order valence-electron chi connectivity index (χ4n) is 2.59. The van der Waals surface area contributed by atoms with Gasteiger partial charge in [0, 0.05) is 4.47 Å². The third kappa shape index (κ3) is 2.31. The molecule has 0 aliphatic rings. The Labute approximate surface area is 136 Å². The predicted octanol–water partition coefficient (Wildman–Crippen LogP) is 4.94. The molecule has 0 aliphatic heterocycles. The summed E-state index contributed by atoms with van der Waals surface area (Å²) in [7, 11) is 0. The summed E-state index contributed by atoms with van der Waals surface area (Å²) < 4.78 is 3.58. The Morgan fingerprint density at radius 2 is 2.00 bits per heavy atom. The minimum absolute atomic E-state index is 0.617. The molecule has 0 amide bonds. The Morgan fingerprint density at radius 1 is 1.24 bits per heavy atom. The molecular weight excluding hydrogens is 346 g/mol. The van der Waals surface area contributed by atoms with E-state index in [1.54, 1.807) is 6.07 Å². The van der Waals surface area contributed by atoms with Crippen LogP contribution in [-0.2, 0) is 0 Å². The normalized spacial score (nSPS) is 10.8. The zero-order chi connectivity index (χ0) is 15.1. The van der Waals surface area contributed by atoms with Gasteiger partial charge in [0.1, 0.15) is 0 Å². The number of aromatic nitrogens is 2. The number of nitrogens with zero attached hydrogens (tertiary/aromatic N) is 2. The summed E-state index contributed by atoms with van der Waals surface area (Å²) in [6, 6.07) is 11.9. The maximum atomic E-state index is 9.11. The van der Waals surface area contributed by atoms with Crippen molar-refractivity contribution in [3.8, 4) is 11.8 Å². The van der Waals surface area contributed by atoms with Crippen LogP contribution in [-0.4, -0.2) is 9.55 Å². The van der Waals surface area contributed by atoms with E-state index in [0.29, 0.717) is 10.3 Å². The van der Waals surface area contributed by atoms with Crippen LogP contribution in [0.25, 0.3) is 16.7 Å². The van der Waals surface area contributed by atoms with Gasteiger partial charge in [-0.25, -0.2) is 0 Å². The van der Waals surface area contributed by atoms with Gasteiger partial charge in [-0.15, -0.1) is 0 Å².